The highest BCUT2D eigenvalue weighted by atomic mass is 32.2. The number of carboxylic acid groups (broad SMARTS) is 1. The van der Waals surface area contributed by atoms with Gasteiger partial charge < -0.3 is 15.7 Å². The second-order valence-electron chi connectivity index (χ2n) is 6.42. The maximum atomic E-state index is 12.4. The summed E-state index contributed by atoms with van der Waals surface area (Å²) in [7, 11) is -5.04. The first-order valence-corrected chi connectivity index (χ1v) is 9.59. The average Bonchev–Trinajstić information content (AvgIpc) is 2.86. The summed E-state index contributed by atoms with van der Waals surface area (Å²) in [4.78, 5) is 59.1. The normalized spacial score (nSPS) is 17.4. The maximum absolute atomic E-state index is 12.4. The summed E-state index contributed by atoms with van der Waals surface area (Å²) in [6, 6.07) is -2.60. The number of hydrogen-bond donors (Lipinski definition) is 4. The number of aliphatic carboxylic acids is 1. The van der Waals surface area contributed by atoms with Gasteiger partial charge in [-0.2, -0.15) is 8.42 Å². The van der Waals surface area contributed by atoms with Crippen molar-refractivity contribution in [2.24, 2.45) is 5.92 Å². The fourth-order valence-corrected chi connectivity index (χ4v) is 2.91. The summed E-state index contributed by atoms with van der Waals surface area (Å²) in [6.07, 6.45) is 1.75. The zero-order chi connectivity index (χ0) is 21.8. The Morgan fingerprint density at radius 2 is 1.54 bits per heavy atom. The van der Waals surface area contributed by atoms with Crippen LogP contribution in [0, 0.1) is 5.92 Å². The Morgan fingerprint density at radius 1 is 1.04 bits per heavy atom. The molecule has 0 aromatic rings. The Bertz CT molecular complexity index is 801. The highest BCUT2D eigenvalue weighted by Gasteiger charge is 2.39. The minimum Gasteiger partial charge on any atom is -0.480 e. The Morgan fingerprint density at radius 3 is 1.93 bits per heavy atom. The molecule has 0 saturated heterocycles. The van der Waals surface area contributed by atoms with E-state index >= 15 is 0 Å². The molecule has 0 bridgehead atoms. The molecule has 1 heterocycles. The van der Waals surface area contributed by atoms with Crippen LogP contribution in [-0.4, -0.2) is 76.5 Å². The van der Waals surface area contributed by atoms with Gasteiger partial charge in [0, 0.05) is 12.2 Å². The first-order chi connectivity index (χ1) is 12.8. The van der Waals surface area contributed by atoms with Crippen LogP contribution in [0.1, 0.15) is 20.8 Å². The molecule has 1 rings (SSSR count). The molecule has 0 fully saturated rings. The number of amides is 4. The fraction of sp³-hybridized carbons (Fsp3) is 0.533. The van der Waals surface area contributed by atoms with Crippen LogP contribution in [-0.2, 0) is 34.1 Å². The maximum Gasteiger partial charge on any atom is 0.325 e. The number of imide groups is 1. The molecule has 13 heteroatoms. The van der Waals surface area contributed by atoms with E-state index in [0.29, 0.717) is 4.90 Å². The number of carbonyl (C=O) groups excluding carboxylic acids is 4. The van der Waals surface area contributed by atoms with E-state index in [1.807, 2.05) is 0 Å². The molecule has 1 aliphatic heterocycles. The van der Waals surface area contributed by atoms with Crippen LogP contribution in [0.4, 0.5) is 0 Å². The van der Waals surface area contributed by atoms with E-state index in [-0.39, 0.29) is 0 Å². The Kier molecular flexibility index (Phi) is 7.41. The van der Waals surface area contributed by atoms with Crippen molar-refractivity contribution in [2.75, 3.05) is 6.54 Å². The van der Waals surface area contributed by atoms with Gasteiger partial charge in [0.05, 0.1) is 6.54 Å². The van der Waals surface area contributed by atoms with Crippen LogP contribution in [0.25, 0.3) is 0 Å². The number of hydrogen-bond acceptors (Lipinski definition) is 7. The molecule has 0 spiro atoms. The lowest BCUT2D eigenvalue weighted by Crippen LogP contribution is -2.57. The summed E-state index contributed by atoms with van der Waals surface area (Å²) < 4.78 is 32.6. The molecule has 0 aliphatic carbocycles. The van der Waals surface area contributed by atoms with Gasteiger partial charge >= 0.3 is 5.97 Å². The molecule has 12 nitrogen and oxygen atoms in total. The van der Waals surface area contributed by atoms with Crippen molar-refractivity contribution in [2.45, 2.75) is 38.1 Å². The van der Waals surface area contributed by atoms with Crippen LogP contribution in [0.15, 0.2) is 12.2 Å². The topological polar surface area (TPSA) is 187 Å². The minimum absolute atomic E-state index is 0.453. The SMILES string of the molecule is CC(C)[C@H](NC(=O)C(CN1C(=O)C=CC1=O)S(=O)(=O)O)C(=O)N[C@@H](C)C(=O)O. The zero-order valence-electron chi connectivity index (χ0n) is 15.3. The number of rotatable bonds is 9. The largest absolute Gasteiger partial charge is 0.480 e. The Balaban J connectivity index is 3.01. The molecule has 0 aromatic carbocycles. The van der Waals surface area contributed by atoms with E-state index in [0.717, 1.165) is 12.2 Å². The molecule has 0 radical (unpaired) electrons. The van der Waals surface area contributed by atoms with Crippen LogP contribution in [0.5, 0.6) is 0 Å². The van der Waals surface area contributed by atoms with Crippen LogP contribution in [0.2, 0.25) is 0 Å². The zero-order valence-corrected chi connectivity index (χ0v) is 16.1. The van der Waals surface area contributed by atoms with Crippen molar-refractivity contribution in [1.82, 2.24) is 15.5 Å². The predicted molar refractivity (Wildman–Crippen MR) is 93.2 cm³/mol. The quantitative estimate of drug-likeness (QED) is 0.240. The average molecular weight is 419 g/mol. The standard InChI is InChI=1S/C15H21N3O9S/c1-7(2)12(14(22)16-8(3)15(23)24)17-13(21)9(28(25,26)27)6-18-10(19)4-5-11(18)20/h4-5,7-9,12H,6H2,1-3H3,(H,16,22)(H,17,21)(H,23,24)(H,25,26,27)/t8-,9?,12-/m0/s1. The number of carboxylic acids is 1. The first-order valence-electron chi connectivity index (χ1n) is 8.09. The van der Waals surface area contributed by atoms with Crippen molar-refractivity contribution >= 4 is 39.7 Å². The number of nitrogens with zero attached hydrogens (tertiary/aromatic N) is 1. The third kappa shape index (κ3) is 5.85. The highest BCUT2D eigenvalue weighted by molar-refractivity contribution is 7.87. The lowest BCUT2D eigenvalue weighted by atomic mass is 10.0. The second kappa shape index (κ2) is 8.93. The van der Waals surface area contributed by atoms with Gasteiger partial charge in [-0.1, -0.05) is 13.8 Å². The summed E-state index contributed by atoms with van der Waals surface area (Å²) in [5.41, 5.74) is 0. The van der Waals surface area contributed by atoms with Crippen molar-refractivity contribution in [1.29, 1.82) is 0 Å². The Hall–Kier alpha value is -2.80. The van der Waals surface area contributed by atoms with Gasteiger partial charge in [-0.3, -0.25) is 33.4 Å². The summed E-state index contributed by atoms with van der Waals surface area (Å²) in [5.74, 6) is -5.84. The molecule has 0 aromatic heterocycles. The lowest BCUT2D eigenvalue weighted by Gasteiger charge is -2.26. The van der Waals surface area contributed by atoms with Gasteiger partial charge in [-0.05, 0) is 12.8 Å². The van der Waals surface area contributed by atoms with Crippen LogP contribution < -0.4 is 10.6 Å². The van der Waals surface area contributed by atoms with E-state index in [9.17, 15) is 36.9 Å². The smallest absolute Gasteiger partial charge is 0.325 e. The van der Waals surface area contributed by atoms with Crippen molar-refractivity contribution < 1.29 is 42.0 Å². The summed E-state index contributed by atoms with van der Waals surface area (Å²) in [5, 5.41) is 10.9. The Labute approximate surface area is 160 Å². The van der Waals surface area contributed by atoms with Crippen molar-refractivity contribution in [3.63, 3.8) is 0 Å². The molecule has 4 amide bonds. The molecular weight excluding hydrogens is 398 g/mol. The molecule has 1 aliphatic rings. The molecule has 1 unspecified atom stereocenters. The second-order valence-corrected chi connectivity index (χ2v) is 8.02. The molecule has 28 heavy (non-hydrogen) atoms. The van der Waals surface area contributed by atoms with Gasteiger partial charge in [0.25, 0.3) is 21.9 Å². The number of nitrogens with one attached hydrogen (secondary N) is 2. The van der Waals surface area contributed by atoms with E-state index in [1.54, 1.807) is 0 Å². The molecule has 156 valence electrons. The number of carbonyl (C=O) groups is 5. The minimum atomic E-state index is -5.04. The third-order valence-corrected chi connectivity index (χ3v) is 4.96. The van der Waals surface area contributed by atoms with Crippen molar-refractivity contribution in [3.8, 4) is 0 Å². The van der Waals surface area contributed by atoms with E-state index < -0.39 is 69.5 Å². The monoisotopic (exact) mass is 419 g/mol. The van der Waals surface area contributed by atoms with Gasteiger partial charge in [-0.25, -0.2) is 0 Å². The third-order valence-electron chi connectivity index (χ3n) is 3.88. The molecule has 3 atom stereocenters. The molecule has 0 saturated carbocycles. The van der Waals surface area contributed by atoms with Gasteiger partial charge in [-0.15, -0.1) is 0 Å². The molecule has 4 N–H and O–H groups in total. The summed E-state index contributed by atoms with van der Waals surface area (Å²) in [6.45, 7) is 3.26. The van der Waals surface area contributed by atoms with Gasteiger partial charge in [0.2, 0.25) is 11.8 Å². The van der Waals surface area contributed by atoms with Crippen molar-refractivity contribution in [3.05, 3.63) is 12.2 Å². The fourth-order valence-electron chi connectivity index (χ4n) is 2.24. The predicted octanol–water partition coefficient (Wildman–Crippen LogP) is -2.10. The van der Waals surface area contributed by atoms with E-state index in [2.05, 4.69) is 10.6 Å². The van der Waals surface area contributed by atoms with Gasteiger partial charge in [0.15, 0.2) is 5.25 Å². The highest BCUT2D eigenvalue weighted by Crippen LogP contribution is 2.11. The van der Waals surface area contributed by atoms with Gasteiger partial charge in [0.1, 0.15) is 12.1 Å². The van der Waals surface area contributed by atoms with E-state index in [1.165, 1.54) is 20.8 Å². The first kappa shape index (κ1) is 23.2. The van der Waals surface area contributed by atoms with E-state index in [4.69, 9.17) is 5.11 Å². The molecular formula is C15H21N3O9S. The summed E-state index contributed by atoms with van der Waals surface area (Å²) >= 11 is 0. The lowest BCUT2D eigenvalue weighted by molar-refractivity contribution is -0.142. The van der Waals surface area contributed by atoms with Crippen LogP contribution in [0.3, 0.4) is 0 Å². The van der Waals surface area contributed by atoms with Crippen LogP contribution >= 0.6 is 0 Å².